The van der Waals surface area contributed by atoms with E-state index in [1.807, 2.05) is 27.7 Å². The van der Waals surface area contributed by atoms with Crippen molar-refractivity contribution in [3.8, 4) is 0 Å². The standard InChI is InChI=1S/C26H35ClN4O5/c1-15(2)13-21(22(32)25-30-31(14-16(3)4)26(35)36-25)29-24(34)19-7-5-6-8-20(19)28-23(33)17-9-11-18(27)12-10-17/h9-12,15-16,19-21H,5-8,13-14H2,1-4H3,(H,28,33)(H,29,34)/t19-,20+,21+/m1/s1. The summed E-state index contributed by atoms with van der Waals surface area (Å²) in [6, 6.07) is 5.31. The Bertz CT molecular complexity index is 1120. The summed E-state index contributed by atoms with van der Waals surface area (Å²) >= 11 is 5.92. The summed E-state index contributed by atoms with van der Waals surface area (Å²) in [7, 11) is 0. The Morgan fingerprint density at radius 3 is 2.39 bits per heavy atom. The SMILES string of the molecule is CC(C)C[C@H](NC(=O)[C@@H]1CCCC[C@@H]1NC(=O)c1ccc(Cl)cc1)C(=O)c1nn(CC(C)C)c(=O)o1. The van der Waals surface area contributed by atoms with Gasteiger partial charge in [0.2, 0.25) is 11.7 Å². The van der Waals surface area contributed by atoms with Crippen LogP contribution in [0.2, 0.25) is 5.02 Å². The highest BCUT2D eigenvalue weighted by Crippen LogP contribution is 2.26. The zero-order valence-corrected chi connectivity index (χ0v) is 22.0. The predicted octanol–water partition coefficient (Wildman–Crippen LogP) is 3.85. The van der Waals surface area contributed by atoms with Crippen molar-refractivity contribution in [1.82, 2.24) is 20.4 Å². The zero-order valence-electron chi connectivity index (χ0n) is 21.3. The first-order chi connectivity index (χ1) is 17.0. The molecule has 2 aromatic rings. The maximum Gasteiger partial charge on any atom is 0.437 e. The number of nitrogens with one attached hydrogen (secondary N) is 2. The number of benzene rings is 1. The Morgan fingerprint density at radius 1 is 1.08 bits per heavy atom. The summed E-state index contributed by atoms with van der Waals surface area (Å²) in [4.78, 5) is 51.5. The lowest BCUT2D eigenvalue weighted by Gasteiger charge is -2.32. The van der Waals surface area contributed by atoms with Crippen LogP contribution in [0.5, 0.6) is 0 Å². The normalized spacial score (nSPS) is 18.8. The van der Waals surface area contributed by atoms with Gasteiger partial charge < -0.3 is 15.1 Å². The van der Waals surface area contributed by atoms with Crippen LogP contribution in [0, 0.1) is 17.8 Å². The molecule has 1 saturated carbocycles. The number of ketones is 1. The molecule has 2 N–H and O–H groups in total. The van der Waals surface area contributed by atoms with Gasteiger partial charge in [-0.1, -0.05) is 52.1 Å². The second-order valence-electron chi connectivity index (χ2n) is 10.3. The molecule has 0 saturated heterocycles. The number of nitrogens with zero attached hydrogens (tertiary/aromatic N) is 2. The first kappa shape index (κ1) is 27.6. The Kier molecular flexibility index (Phi) is 9.48. The molecule has 0 aliphatic heterocycles. The van der Waals surface area contributed by atoms with Crippen LogP contribution in [0.4, 0.5) is 0 Å². The lowest BCUT2D eigenvalue weighted by atomic mass is 9.83. The van der Waals surface area contributed by atoms with Gasteiger partial charge in [-0.2, -0.15) is 4.68 Å². The van der Waals surface area contributed by atoms with Crippen LogP contribution in [0.25, 0.3) is 0 Å². The van der Waals surface area contributed by atoms with Gasteiger partial charge in [0.25, 0.3) is 11.8 Å². The van der Waals surface area contributed by atoms with E-state index in [4.69, 9.17) is 16.0 Å². The zero-order chi connectivity index (χ0) is 26.4. The first-order valence-corrected chi connectivity index (χ1v) is 12.9. The topological polar surface area (TPSA) is 123 Å². The fourth-order valence-corrected chi connectivity index (χ4v) is 4.59. The lowest BCUT2D eigenvalue weighted by molar-refractivity contribution is -0.127. The van der Waals surface area contributed by atoms with Gasteiger partial charge in [0.15, 0.2) is 0 Å². The van der Waals surface area contributed by atoms with Crippen molar-refractivity contribution in [2.45, 2.75) is 78.4 Å². The maximum absolute atomic E-state index is 13.4. The lowest BCUT2D eigenvalue weighted by Crippen LogP contribution is -2.52. The molecule has 1 heterocycles. The number of rotatable bonds is 10. The number of hydrogen-bond donors (Lipinski definition) is 2. The van der Waals surface area contributed by atoms with Gasteiger partial charge in [-0.15, -0.1) is 5.10 Å². The molecule has 9 nitrogen and oxygen atoms in total. The number of carbonyl (C=O) groups is 3. The molecule has 10 heteroatoms. The maximum atomic E-state index is 13.4. The molecular formula is C26H35ClN4O5. The van der Waals surface area contributed by atoms with Crippen molar-refractivity contribution in [3.63, 3.8) is 0 Å². The molecule has 3 rings (SSSR count). The van der Waals surface area contributed by atoms with Gasteiger partial charge in [-0.05, 0) is 55.4 Å². The van der Waals surface area contributed by atoms with Crippen molar-refractivity contribution in [2.24, 2.45) is 17.8 Å². The smallest absolute Gasteiger partial charge is 0.384 e. The summed E-state index contributed by atoms with van der Waals surface area (Å²) in [5.74, 6) is -2.36. The monoisotopic (exact) mass is 518 g/mol. The van der Waals surface area contributed by atoms with E-state index in [-0.39, 0.29) is 35.6 Å². The first-order valence-electron chi connectivity index (χ1n) is 12.5. The second kappa shape index (κ2) is 12.3. The number of amides is 2. The van der Waals surface area contributed by atoms with E-state index >= 15 is 0 Å². The summed E-state index contributed by atoms with van der Waals surface area (Å²) in [6.07, 6.45) is 3.36. The largest absolute Gasteiger partial charge is 0.437 e. The minimum Gasteiger partial charge on any atom is -0.384 e. The van der Waals surface area contributed by atoms with Crippen molar-refractivity contribution in [1.29, 1.82) is 0 Å². The van der Waals surface area contributed by atoms with E-state index in [1.165, 1.54) is 0 Å². The average Bonchev–Trinajstić information content (AvgIpc) is 3.18. The van der Waals surface area contributed by atoms with Crippen LogP contribution in [-0.4, -0.2) is 39.5 Å². The summed E-state index contributed by atoms with van der Waals surface area (Å²) in [6.45, 7) is 8.06. The minimum atomic E-state index is -0.891. The van der Waals surface area contributed by atoms with Crippen LogP contribution >= 0.6 is 11.6 Å². The number of Topliss-reactive ketones (excluding diaryl/α,β-unsaturated/α-hetero) is 1. The van der Waals surface area contributed by atoms with E-state index in [2.05, 4.69) is 15.7 Å². The highest BCUT2D eigenvalue weighted by atomic mass is 35.5. The summed E-state index contributed by atoms with van der Waals surface area (Å²) in [5.41, 5.74) is 0.462. The molecule has 0 bridgehead atoms. The second-order valence-corrected chi connectivity index (χ2v) is 10.7. The third-order valence-electron chi connectivity index (χ3n) is 6.22. The van der Waals surface area contributed by atoms with Gasteiger partial charge in [-0.25, -0.2) is 4.79 Å². The number of hydrogen-bond acceptors (Lipinski definition) is 6. The van der Waals surface area contributed by atoms with Crippen LogP contribution < -0.4 is 16.4 Å². The molecule has 0 unspecified atom stereocenters. The molecule has 0 radical (unpaired) electrons. The van der Waals surface area contributed by atoms with Gasteiger partial charge in [0.1, 0.15) is 0 Å². The van der Waals surface area contributed by atoms with E-state index in [1.54, 1.807) is 24.3 Å². The quantitative estimate of drug-likeness (QED) is 0.460. The summed E-state index contributed by atoms with van der Waals surface area (Å²) in [5, 5.41) is 10.5. The third kappa shape index (κ3) is 7.29. The van der Waals surface area contributed by atoms with Gasteiger partial charge >= 0.3 is 5.76 Å². The average molecular weight is 519 g/mol. The molecule has 36 heavy (non-hydrogen) atoms. The Hall–Kier alpha value is -2.94. The molecule has 0 spiro atoms. The van der Waals surface area contributed by atoms with Gasteiger partial charge in [0, 0.05) is 16.6 Å². The van der Waals surface area contributed by atoms with Gasteiger partial charge in [-0.3, -0.25) is 14.4 Å². The van der Waals surface area contributed by atoms with Gasteiger partial charge in [0.05, 0.1) is 18.5 Å². The Labute approximate surface area is 216 Å². The number of carbonyl (C=O) groups excluding carboxylic acids is 3. The van der Waals surface area contributed by atoms with Crippen molar-refractivity contribution in [2.75, 3.05) is 0 Å². The molecule has 196 valence electrons. The minimum absolute atomic E-state index is 0.0930. The predicted molar refractivity (Wildman–Crippen MR) is 136 cm³/mol. The third-order valence-corrected chi connectivity index (χ3v) is 6.47. The number of halogens is 1. The van der Waals surface area contributed by atoms with Crippen molar-refractivity contribution >= 4 is 29.2 Å². The Balaban J connectivity index is 1.74. The molecule has 1 aliphatic carbocycles. The molecule has 3 atom stereocenters. The fraction of sp³-hybridized carbons (Fsp3) is 0.577. The molecule has 1 aliphatic rings. The highest BCUT2D eigenvalue weighted by molar-refractivity contribution is 6.30. The van der Waals surface area contributed by atoms with E-state index in [0.29, 0.717) is 36.4 Å². The molecule has 2 amide bonds. The highest BCUT2D eigenvalue weighted by Gasteiger charge is 2.35. The van der Waals surface area contributed by atoms with E-state index in [9.17, 15) is 19.2 Å². The van der Waals surface area contributed by atoms with Crippen LogP contribution in [0.15, 0.2) is 33.5 Å². The molecule has 1 fully saturated rings. The summed E-state index contributed by atoms with van der Waals surface area (Å²) < 4.78 is 6.26. The van der Waals surface area contributed by atoms with Crippen molar-refractivity contribution in [3.05, 3.63) is 51.3 Å². The molecular weight excluding hydrogens is 484 g/mol. The molecule has 1 aromatic carbocycles. The van der Waals surface area contributed by atoms with Crippen LogP contribution in [0.1, 0.15) is 80.8 Å². The fourth-order valence-electron chi connectivity index (χ4n) is 4.47. The van der Waals surface area contributed by atoms with E-state index in [0.717, 1.165) is 17.5 Å². The Morgan fingerprint density at radius 2 is 1.75 bits per heavy atom. The van der Waals surface area contributed by atoms with Crippen molar-refractivity contribution < 1.29 is 18.8 Å². The van der Waals surface area contributed by atoms with E-state index < -0.39 is 23.5 Å². The van der Waals surface area contributed by atoms with Crippen LogP contribution in [0.3, 0.4) is 0 Å². The van der Waals surface area contributed by atoms with Crippen LogP contribution in [-0.2, 0) is 11.3 Å². The molecule has 1 aromatic heterocycles. The number of aromatic nitrogens is 2.